The van der Waals surface area contributed by atoms with Gasteiger partial charge < -0.3 is 9.80 Å². The normalized spacial score (nSPS) is 13.9. The maximum absolute atomic E-state index is 13.1. The molecule has 3 heterocycles. The number of amides is 1. The van der Waals surface area contributed by atoms with E-state index in [2.05, 4.69) is 15.0 Å². The van der Waals surface area contributed by atoms with Crippen LogP contribution in [0.1, 0.15) is 28.2 Å². The Bertz CT molecular complexity index is 1130. The van der Waals surface area contributed by atoms with E-state index in [-0.39, 0.29) is 29.7 Å². The van der Waals surface area contributed by atoms with Crippen molar-refractivity contribution in [3.8, 4) is 5.13 Å². The molecule has 0 bridgehead atoms. The van der Waals surface area contributed by atoms with Gasteiger partial charge in [0.25, 0.3) is 5.56 Å². The molecular weight excluding hydrogens is 453 g/mol. The maximum Gasteiger partial charge on any atom is 0.276 e. The summed E-state index contributed by atoms with van der Waals surface area (Å²) in [5, 5.41) is 3.72. The minimum absolute atomic E-state index is 0. The average Bonchev–Trinajstić information content (AvgIpc) is 3.24. The van der Waals surface area contributed by atoms with Crippen LogP contribution in [-0.2, 0) is 11.2 Å². The van der Waals surface area contributed by atoms with Gasteiger partial charge in [-0.15, -0.1) is 12.4 Å². The van der Waals surface area contributed by atoms with Gasteiger partial charge in [0, 0.05) is 54.4 Å². The summed E-state index contributed by atoms with van der Waals surface area (Å²) in [4.78, 5) is 35.1. The molecule has 1 aliphatic rings. The molecule has 1 aliphatic heterocycles. The maximum atomic E-state index is 13.1. The van der Waals surface area contributed by atoms with E-state index in [9.17, 15) is 14.0 Å². The number of nitrogens with zero attached hydrogens (tertiary/aromatic N) is 4. The Morgan fingerprint density at radius 3 is 2.38 bits per heavy atom. The van der Waals surface area contributed by atoms with Crippen LogP contribution in [0.2, 0.25) is 0 Å². The fourth-order valence-corrected chi connectivity index (χ4v) is 4.69. The minimum atomic E-state index is -0.253. The standard InChI is InChI=1S/C22H26FN5O2S.ClH/c1-14-16(3)31-22(24-14)28-21(30)19(15(2)25-28)8-9-20(29)27-12-10-26(11-13-27)18-6-4-17(23)5-7-18;/h4-7,25H,8-13H2,1-3H3;1H. The number of hydrogen-bond donors (Lipinski definition) is 1. The predicted octanol–water partition coefficient (Wildman–Crippen LogP) is 3.39. The number of aromatic amines is 1. The highest BCUT2D eigenvalue weighted by Gasteiger charge is 2.23. The van der Waals surface area contributed by atoms with Crippen LogP contribution in [-0.4, -0.2) is 51.8 Å². The third kappa shape index (κ3) is 4.88. The molecule has 0 atom stereocenters. The summed E-state index contributed by atoms with van der Waals surface area (Å²) in [6.45, 7) is 8.39. The second kappa shape index (κ2) is 9.87. The zero-order chi connectivity index (χ0) is 22.1. The number of thiazole rings is 1. The molecule has 32 heavy (non-hydrogen) atoms. The molecule has 0 saturated carbocycles. The smallest absolute Gasteiger partial charge is 0.276 e. The number of nitrogens with one attached hydrogen (secondary N) is 1. The number of aryl methyl sites for hydroxylation is 3. The van der Waals surface area contributed by atoms with Crippen molar-refractivity contribution in [2.24, 2.45) is 0 Å². The van der Waals surface area contributed by atoms with Crippen LogP contribution in [0, 0.1) is 26.6 Å². The summed E-state index contributed by atoms with van der Waals surface area (Å²) in [6, 6.07) is 6.43. The molecule has 0 unspecified atom stereocenters. The summed E-state index contributed by atoms with van der Waals surface area (Å²) in [7, 11) is 0. The SMILES string of the molecule is Cc1nc(-n2[nH]c(C)c(CCC(=O)N3CCN(c4ccc(F)cc4)CC3)c2=O)sc1C.Cl. The number of carbonyl (C=O) groups excluding carboxylic acids is 1. The van der Waals surface area contributed by atoms with Gasteiger partial charge in [-0.1, -0.05) is 11.3 Å². The number of piperazine rings is 1. The van der Waals surface area contributed by atoms with E-state index in [4.69, 9.17) is 0 Å². The largest absolute Gasteiger partial charge is 0.368 e. The second-order valence-electron chi connectivity index (χ2n) is 7.84. The molecule has 1 amide bonds. The molecule has 1 fully saturated rings. The number of rotatable bonds is 5. The van der Waals surface area contributed by atoms with Gasteiger partial charge in [-0.05, 0) is 51.5 Å². The second-order valence-corrected chi connectivity index (χ2v) is 9.02. The Hall–Kier alpha value is -2.65. The van der Waals surface area contributed by atoms with Crippen molar-refractivity contribution in [1.82, 2.24) is 19.7 Å². The van der Waals surface area contributed by atoms with Crippen molar-refractivity contribution in [2.45, 2.75) is 33.6 Å². The molecule has 2 aromatic heterocycles. The first-order valence-electron chi connectivity index (χ1n) is 10.4. The molecular formula is C22H27ClFN5O2S. The van der Waals surface area contributed by atoms with Gasteiger partial charge in [0.2, 0.25) is 11.0 Å². The lowest BCUT2D eigenvalue weighted by Gasteiger charge is -2.36. The molecule has 4 rings (SSSR count). The van der Waals surface area contributed by atoms with E-state index in [0.29, 0.717) is 49.7 Å². The quantitative estimate of drug-likeness (QED) is 0.608. The molecule has 1 saturated heterocycles. The Morgan fingerprint density at radius 2 is 1.78 bits per heavy atom. The predicted molar refractivity (Wildman–Crippen MR) is 127 cm³/mol. The Morgan fingerprint density at radius 1 is 1.12 bits per heavy atom. The lowest BCUT2D eigenvalue weighted by atomic mass is 10.1. The molecule has 10 heteroatoms. The van der Waals surface area contributed by atoms with Crippen LogP contribution in [0.5, 0.6) is 0 Å². The Balaban J connectivity index is 0.00000289. The molecule has 1 aromatic carbocycles. The first-order valence-corrected chi connectivity index (χ1v) is 11.2. The van der Waals surface area contributed by atoms with Crippen molar-refractivity contribution in [3.63, 3.8) is 0 Å². The van der Waals surface area contributed by atoms with Crippen LogP contribution in [0.25, 0.3) is 5.13 Å². The highest BCUT2D eigenvalue weighted by molar-refractivity contribution is 7.14. The summed E-state index contributed by atoms with van der Waals surface area (Å²) < 4.78 is 14.6. The topological polar surface area (TPSA) is 74.2 Å². The van der Waals surface area contributed by atoms with E-state index in [1.165, 1.54) is 28.2 Å². The zero-order valence-corrected chi connectivity index (χ0v) is 20.0. The summed E-state index contributed by atoms with van der Waals surface area (Å²) in [5.41, 5.74) is 3.13. The number of benzene rings is 1. The molecule has 0 radical (unpaired) electrons. The molecule has 0 aliphatic carbocycles. The van der Waals surface area contributed by atoms with E-state index in [1.54, 1.807) is 12.1 Å². The monoisotopic (exact) mass is 479 g/mol. The number of H-pyrrole nitrogens is 1. The first-order chi connectivity index (χ1) is 14.8. The van der Waals surface area contributed by atoms with E-state index >= 15 is 0 Å². The molecule has 7 nitrogen and oxygen atoms in total. The van der Waals surface area contributed by atoms with Gasteiger partial charge in [0.1, 0.15) is 5.82 Å². The summed E-state index contributed by atoms with van der Waals surface area (Å²) >= 11 is 1.47. The van der Waals surface area contributed by atoms with Crippen molar-refractivity contribution in [3.05, 3.63) is 62.3 Å². The number of carbonyl (C=O) groups is 1. The molecule has 172 valence electrons. The van der Waals surface area contributed by atoms with Gasteiger partial charge in [-0.25, -0.2) is 9.37 Å². The minimum Gasteiger partial charge on any atom is -0.368 e. The van der Waals surface area contributed by atoms with Crippen molar-refractivity contribution in [2.75, 3.05) is 31.1 Å². The number of hydrogen-bond acceptors (Lipinski definition) is 5. The summed E-state index contributed by atoms with van der Waals surface area (Å²) in [6.07, 6.45) is 0.689. The molecule has 3 aromatic rings. The molecule has 0 spiro atoms. The highest BCUT2D eigenvalue weighted by atomic mass is 35.5. The van der Waals surface area contributed by atoms with E-state index < -0.39 is 0 Å². The number of anilines is 1. The lowest BCUT2D eigenvalue weighted by molar-refractivity contribution is -0.131. The zero-order valence-electron chi connectivity index (χ0n) is 18.4. The van der Waals surface area contributed by atoms with E-state index in [1.807, 2.05) is 25.7 Å². The van der Waals surface area contributed by atoms with Crippen molar-refractivity contribution < 1.29 is 9.18 Å². The third-order valence-electron chi connectivity index (χ3n) is 5.81. The van der Waals surface area contributed by atoms with Gasteiger partial charge in [0.15, 0.2) is 0 Å². The fourth-order valence-electron chi connectivity index (χ4n) is 3.82. The van der Waals surface area contributed by atoms with Crippen LogP contribution >= 0.6 is 23.7 Å². The average molecular weight is 480 g/mol. The summed E-state index contributed by atoms with van der Waals surface area (Å²) in [5.74, 6) is -0.206. The van der Waals surface area contributed by atoms with Gasteiger partial charge in [-0.2, -0.15) is 4.68 Å². The molecule has 1 N–H and O–H groups in total. The van der Waals surface area contributed by atoms with Crippen LogP contribution in [0.15, 0.2) is 29.1 Å². The lowest BCUT2D eigenvalue weighted by Crippen LogP contribution is -2.48. The van der Waals surface area contributed by atoms with Crippen molar-refractivity contribution >= 4 is 35.3 Å². The van der Waals surface area contributed by atoms with Crippen LogP contribution in [0.3, 0.4) is 0 Å². The van der Waals surface area contributed by atoms with Gasteiger partial charge >= 0.3 is 0 Å². The third-order valence-corrected chi connectivity index (χ3v) is 6.87. The van der Waals surface area contributed by atoms with Crippen molar-refractivity contribution in [1.29, 1.82) is 0 Å². The van der Waals surface area contributed by atoms with Crippen LogP contribution < -0.4 is 10.5 Å². The van der Waals surface area contributed by atoms with Gasteiger partial charge in [0.05, 0.1) is 5.69 Å². The Labute approximate surface area is 196 Å². The van der Waals surface area contributed by atoms with Gasteiger partial charge in [-0.3, -0.25) is 14.7 Å². The van der Waals surface area contributed by atoms with E-state index in [0.717, 1.165) is 22.0 Å². The van der Waals surface area contributed by atoms with Crippen LogP contribution in [0.4, 0.5) is 10.1 Å². The number of halogens is 2. The number of aromatic nitrogens is 3. The highest BCUT2D eigenvalue weighted by Crippen LogP contribution is 2.20. The Kier molecular flexibility index (Phi) is 7.40. The first kappa shape index (κ1) is 24.0. The fraction of sp³-hybridized carbons (Fsp3) is 0.409.